The van der Waals surface area contributed by atoms with Crippen molar-refractivity contribution in [3.63, 3.8) is 0 Å². The SMILES string of the molecule is CCc1c(CN)cnn1Cc1cccc(F)c1. The zero-order chi connectivity index (χ0) is 12.3. The first-order valence-electron chi connectivity index (χ1n) is 5.72. The summed E-state index contributed by atoms with van der Waals surface area (Å²) in [4.78, 5) is 0. The highest BCUT2D eigenvalue weighted by Gasteiger charge is 2.08. The number of hydrogen-bond acceptors (Lipinski definition) is 2. The molecular formula is C13H16FN3. The third kappa shape index (κ3) is 2.53. The molecule has 2 aromatic rings. The molecule has 0 spiro atoms. The van der Waals surface area contributed by atoms with Crippen molar-refractivity contribution in [2.24, 2.45) is 5.73 Å². The third-order valence-electron chi connectivity index (χ3n) is 2.81. The van der Waals surface area contributed by atoms with Crippen LogP contribution in [-0.4, -0.2) is 9.78 Å². The summed E-state index contributed by atoms with van der Waals surface area (Å²) in [7, 11) is 0. The lowest BCUT2D eigenvalue weighted by Gasteiger charge is -2.07. The Kier molecular flexibility index (Phi) is 3.54. The van der Waals surface area contributed by atoms with Gasteiger partial charge in [0, 0.05) is 17.8 Å². The first-order chi connectivity index (χ1) is 8.24. The maximum absolute atomic E-state index is 13.1. The van der Waals surface area contributed by atoms with Crippen LogP contribution in [0.1, 0.15) is 23.7 Å². The topological polar surface area (TPSA) is 43.8 Å². The summed E-state index contributed by atoms with van der Waals surface area (Å²) in [5.41, 5.74) is 8.73. The second kappa shape index (κ2) is 5.10. The van der Waals surface area contributed by atoms with Gasteiger partial charge < -0.3 is 5.73 Å². The molecule has 0 aliphatic carbocycles. The van der Waals surface area contributed by atoms with Crippen LogP contribution < -0.4 is 5.73 Å². The predicted molar refractivity (Wildman–Crippen MR) is 65.0 cm³/mol. The quantitative estimate of drug-likeness (QED) is 0.878. The van der Waals surface area contributed by atoms with Crippen molar-refractivity contribution in [3.8, 4) is 0 Å². The van der Waals surface area contributed by atoms with E-state index >= 15 is 0 Å². The summed E-state index contributed by atoms with van der Waals surface area (Å²) in [6.07, 6.45) is 2.67. The summed E-state index contributed by atoms with van der Waals surface area (Å²) in [6, 6.07) is 6.58. The molecule has 0 radical (unpaired) electrons. The van der Waals surface area contributed by atoms with Gasteiger partial charge in [0.2, 0.25) is 0 Å². The molecule has 0 unspecified atom stereocenters. The molecule has 0 saturated carbocycles. The maximum atomic E-state index is 13.1. The largest absolute Gasteiger partial charge is 0.326 e. The van der Waals surface area contributed by atoms with Gasteiger partial charge in [-0.25, -0.2) is 4.39 Å². The normalized spacial score (nSPS) is 10.8. The average Bonchev–Trinajstić information content (AvgIpc) is 2.71. The van der Waals surface area contributed by atoms with E-state index in [2.05, 4.69) is 12.0 Å². The van der Waals surface area contributed by atoms with E-state index in [1.54, 1.807) is 12.3 Å². The molecule has 0 bridgehead atoms. The van der Waals surface area contributed by atoms with Crippen molar-refractivity contribution in [3.05, 3.63) is 53.1 Å². The maximum Gasteiger partial charge on any atom is 0.123 e. The van der Waals surface area contributed by atoms with Crippen LogP contribution in [0.5, 0.6) is 0 Å². The fraction of sp³-hybridized carbons (Fsp3) is 0.308. The number of rotatable bonds is 4. The number of aromatic nitrogens is 2. The van der Waals surface area contributed by atoms with Gasteiger partial charge in [0.25, 0.3) is 0 Å². The average molecular weight is 233 g/mol. The van der Waals surface area contributed by atoms with E-state index in [0.29, 0.717) is 13.1 Å². The number of hydrogen-bond donors (Lipinski definition) is 1. The zero-order valence-corrected chi connectivity index (χ0v) is 9.86. The molecule has 2 rings (SSSR count). The Morgan fingerprint density at radius 3 is 2.88 bits per heavy atom. The van der Waals surface area contributed by atoms with Crippen LogP contribution in [0.2, 0.25) is 0 Å². The van der Waals surface area contributed by atoms with Crippen molar-refractivity contribution in [2.75, 3.05) is 0 Å². The van der Waals surface area contributed by atoms with E-state index in [-0.39, 0.29) is 5.82 Å². The smallest absolute Gasteiger partial charge is 0.123 e. The molecule has 3 nitrogen and oxygen atoms in total. The number of benzene rings is 1. The van der Waals surface area contributed by atoms with E-state index in [1.165, 1.54) is 12.1 Å². The molecule has 1 heterocycles. The van der Waals surface area contributed by atoms with Gasteiger partial charge in [-0.05, 0) is 24.1 Å². The minimum absolute atomic E-state index is 0.216. The van der Waals surface area contributed by atoms with E-state index in [0.717, 1.165) is 23.2 Å². The lowest BCUT2D eigenvalue weighted by molar-refractivity contribution is 0.613. The Balaban J connectivity index is 2.27. The summed E-state index contributed by atoms with van der Waals surface area (Å²) >= 11 is 0. The second-order valence-corrected chi connectivity index (χ2v) is 3.96. The fourth-order valence-electron chi connectivity index (χ4n) is 1.97. The molecule has 0 amide bonds. The van der Waals surface area contributed by atoms with Crippen molar-refractivity contribution < 1.29 is 4.39 Å². The first-order valence-corrected chi connectivity index (χ1v) is 5.72. The molecule has 0 aliphatic heterocycles. The highest BCUT2D eigenvalue weighted by Crippen LogP contribution is 2.12. The molecule has 1 aromatic carbocycles. The van der Waals surface area contributed by atoms with Crippen LogP contribution in [0.15, 0.2) is 30.5 Å². The number of nitrogens with zero attached hydrogens (tertiary/aromatic N) is 2. The van der Waals surface area contributed by atoms with Crippen molar-refractivity contribution >= 4 is 0 Å². The highest BCUT2D eigenvalue weighted by molar-refractivity contribution is 5.21. The monoisotopic (exact) mass is 233 g/mol. The van der Waals surface area contributed by atoms with Crippen LogP contribution in [0.25, 0.3) is 0 Å². The van der Waals surface area contributed by atoms with Crippen LogP contribution >= 0.6 is 0 Å². The Morgan fingerprint density at radius 2 is 2.24 bits per heavy atom. The van der Waals surface area contributed by atoms with Crippen LogP contribution in [0, 0.1) is 5.82 Å². The summed E-state index contributed by atoms with van der Waals surface area (Å²) in [6.45, 7) is 3.14. The van der Waals surface area contributed by atoms with Crippen LogP contribution in [0.4, 0.5) is 4.39 Å². The van der Waals surface area contributed by atoms with Gasteiger partial charge in [-0.2, -0.15) is 5.10 Å². The van der Waals surface area contributed by atoms with E-state index < -0.39 is 0 Å². The van der Waals surface area contributed by atoms with Gasteiger partial charge in [-0.15, -0.1) is 0 Å². The van der Waals surface area contributed by atoms with E-state index in [4.69, 9.17) is 5.73 Å². The Hall–Kier alpha value is -1.68. The molecule has 0 atom stereocenters. The molecule has 17 heavy (non-hydrogen) atoms. The number of nitrogens with two attached hydrogens (primary N) is 1. The zero-order valence-electron chi connectivity index (χ0n) is 9.86. The van der Waals surface area contributed by atoms with Crippen molar-refractivity contribution in [1.29, 1.82) is 0 Å². The van der Waals surface area contributed by atoms with Crippen molar-refractivity contribution in [1.82, 2.24) is 9.78 Å². The molecule has 0 saturated heterocycles. The molecule has 0 aliphatic rings. The van der Waals surface area contributed by atoms with Gasteiger partial charge in [0.1, 0.15) is 5.82 Å². The van der Waals surface area contributed by atoms with Crippen molar-refractivity contribution in [2.45, 2.75) is 26.4 Å². The molecule has 0 fully saturated rings. The predicted octanol–water partition coefficient (Wildman–Crippen LogP) is 2.09. The van der Waals surface area contributed by atoms with Gasteiger partial charge in [-0.3, -0.25) is 4.68 Å². The molecular weight excluding hydrogens is 217 g/mol. The lowest BCUT2D eigenvalue weighted by atomic mass is 10.2. The van der Waals surface area contributed by atoms with E-state index in [9.17, 15) is 4.39 Å². The minimum Gasteiger partial charge on any atom is -0.326 e. The molecule has 90 valence electrons. The van der Waals surface area contributed by atoms with Gasteiger partial charge >= 0.3 is 0 Å². The van der Waals surface area contributed by atoms with Gasteiger partial charge in [-0.1, -0.05) is 19.1 Å². The van der Waals surface area contributed by atoms with Gasteiger partial charge in [0.15, 0.2) is 0 Å². The minimum atomic E-state index is -0.216. The Labute approximate surface area is 100 Å². The van der Waals surface area contributed by atoms with Crippen LogP contribution in [-0.2, 0) is 19.5 Å². The Morgan fingerprint density at radius 1 is 1.41 bits per heavy atom. The summed E-state index contributed by atoms with van der Waals surface area (Å²) in [5, 5.41) is 4.30. The Bertz CT molecular complexity index is 505. The molecule has 2 N–H and O–H groups in total. The van der Waals surface area contributed by atoms with Gasteiger partial charge in [0.05, 0.1) is 12.7 Å². The lowest BCUT2D eigenvalue weighted by Crippen LogP contribution is -2.08. The third-order valence-corrected chi connectivity index (χ3v) is 2.81. The fourth-order valence-corrected chi connectivity index (χ4v) is 1.97. The second-order valence-electron chi connectivity index (χ2n) is 3.96. The summed E-state index contributed by atoms with van der Waals surface area (Å²) < 4.78 is 15.0. The first kappa shape index (κ1) is 11.8. The standard InChI is InChI=1S/C13H16FN3/c1-2-13-11(7-15)8-16-17(13)9-10-4-3-5-12(14)6-10/h3-6,8H,2,7,9,15H2,1H3. The molecule has 1 aromatic heterocycles. The number of halogens is 1. The van der Waals surface area contributed by atoms with E-state index in [1.807, 2.05) is 10.7 Å². The van der Waals surface area contributed by atoms with Crippen LogP contribution in [0.3, 0.4) is 0 Å². The molecule has 4 heteroatoms. The summed E-state index contributed by atoms with van der Waals surface area (Å²) in [5.74, 6) is -0.216. The highest BCUT2D eigenvalue weighted by atomic mass is 19.1.